The number of hydrogen-bond donors (Lipinski definition) is 0. The van der Waals surface area contributed by atoms with Gasteiger partial charge >= 0.3 is 0 Å². The molecule has 0 radical (unpaired) electrons. The first-order chi connectivity index (χ1) is 13.8. The quantitative estimate of drug-likeness (QED) is 0.695. The van der Waals surface area contributed by atoms with Crippen molar-refractivity contribution >= 4 is 11.8 Å². The minimum absolute atomic E-state index is 0.00137. The highest BCUT2D eigenvalue weighted by atomic mass is 16.5. The lowest BCUT2D eigenvalue weighted by molar-refractivity contribution is -0.136. The predicted molar refractivity (Wildman–Crippen MR) is 111 cm³/mol. The molecule has 7 nitrogen and oxygen atoms in total. The summed E-state index contributed by atoms with van der Waals surface area (Å²) in [6, 6.07) is 5.83. The molecule has 2 heterocycles. The summed E-state index contributed by atoms with van der Waals surface area (Å²) in [6.07, 6.45) is 0.835. The van der Waals surface area contributed by atoms with Gasteiger partial charge in [0, 0.05) is 51.3 Å². The first-order valence-corrected chi connectivity index (χ1v) is 10.5. The van der Waals surface area contributed by atoms with Gasteiger partial charge in [-0.25, -0.2) is 0 Å². The predicted octanol–water partition coefficient (Wildman–Crippen LogP) is 1.79. The van der Waals surface area contributed by atoms with E-state index in [1.807, 2.05) is 55.7 Å². The molecule has 0 aliphatic carbocycles. The lowest BCUT2D eigenvalue weighted by atomic mass is 10.0. The molecular formula is C22H33N3O4. The van der Waals surface area contributed by atoms with Crippen LogP contribution in [0.5, 0.6) is 11.5 Å². The fraction of sp³-hybridized carbons (Fsp3) is 0.636. The molecule has 3 rings (SSSR count). The fourth-order valence-corrected chi connectivity index (χ4v) is 3.95. The van der Waals surface area contributed by atoms with Crippen molar-refractivity contribution in [2.75, 3.05) is 52.4 Å². The number of amides is 2. The van der Waals surface area contributed by atoms with Gasteiger partial charge in [0.05, 0.1) is 6.54 Å². The largest absolute Gasteiger partial charge is 0.483 e. The average molecular weight is 404 g/mol. The summed E-state index contributed by atoms with van der Waals surface area (Å²) in [6.45, 7) is 12.6. The number of carbonyl (C=O) groups is 2. The Morgan fingerprint density at radius 2 is 1.83 bits per heavy atom. The second-order valence-corrected chi connectivity index (χ2v) is 8.29. The van der Waals surface area contributed by atoms with E-state index in [-0.39, 0.29) is 24.0 Å². The molecule has 0 unspecified atom stereocenters. The van der Waals surface area contributed by atoms with E-state index in [1.165, 1.54) is 0 Å². The first-order valence-electron chi connectivity index (χ1n) is 10.5. The van der Waals surface area contributed by atoms with E-state index in [9.17, 15) is 9.59 Å². The van der Waals surface area contributed by atoms with Crippen LogP contribution in [0.25, 0.3) is 0 Å². The van der Waals surface area contributed by atoms with E-state index >= 15 is 0 Å². The van der Waals surface area contributed by atoms with E-state index in [0.29, 0.717) is 38.5 Å². The summed E-state index contributed by atoms with van der Waals surface area (Å²) in [4.78, 5) is 30.6. The standard InChI is InChI=1S/C22H33N3O4/c1-5-24(6-2)19(26)15-23-10-12-25(13-11-23)20(27)16-28-18-9-7-8-17-14-22(3,4)29-21(17)18/h7-9H,5-6,10-16H2,1-4H3. The van der Waals surface area contributed by atoms with Crippen molar-refractivity contribution in [1.29, 1.82) is 0 Å². The molecule has 160 valence electrons. The summed E-state index contributed by atoms with van der Waals surface area (Å²) in [7, 11) is 0. The van der Waals surface area contributed by atoms with Crippen LogP contribution in [0.15, 0.2) is 18.2 Å². The summed E-state index contributed by atoms with van der Waals surface area (Å²) in [5.41, 5.74) is 0.872. The molecule has 1 aromatic carbocycles. The van der Waals surface area contributed by atoms with Crippen molar-refractivity contribution in [3.63, 3.8) is 0 Å². The molecule has 1 fully saturated rings. The van der Waals surface area contributed by atoms with Crippen LogP contribution in [0.1, 0.15) is 33.3 Å². The lowest BCUT2D eigenvalue weighted by Crippen LogP contribution is -2.52. The van der Waals surface area contributed by atoms with Crippen LogP contribution in [0.2, 0.25) is 0 Å². The van der Waals surface area contributed by atoms with Crippen LogP contribution in [0.3, 0.4) is 0 Å². The second-order valence-electron chi connectivity index (χ2n) is 8.29. The van der Waals surface area contributed by atoms with Gasteiger partial charge < -0.3 is 19.3 Å². The van der Waals surface area contributed by atoms with Gasteiger partial charge in [0.2, 0.25) is 5.91 Å². The highest BCUT2D eigenvalue weighted by Gasteiger charge is 2.32. The van der Waals surface area contributed by atoms with Crippen molar-refractivity contribution in [3.05, 3.63) is 23.8 Å². The number of carbonyl (C=O) groups excluding carboxylic acids is 2. The zero-order chi connectivity index (χ0) is 21.0. The number of likely N-dealkylation sites (N-methyl/N-ethyl adjacent to an activating group) is 1. The molecule has 0 N–H and O–H groups in total. The van der Waals surface area contributed by atoms with E-state index in [4.69, 9.17) is 9.47 Å². The Hall–Kier alpha value is -2.28. The molecule has 0 saturated carbocycles. The van der Waals surface area contributed by atoms with E-state index in [1.54, 1.807) is 0 Å². The highest BCUT2D eigenvalue weighted by Crippen LogP contribution is 2.41. The van der Waals surface area contributed by atoms with Gasteiger partial charge in [0.15, 0.2) is 18.1 Å². The third-order valence-corrected chi connectivity index (χ3v) is 5.61. The van der Waals surface area contributed by atoms with Crippen LogP contribution >= 0.6 is 0 Å². The van der Waals surface area contributed by atoms with Gasteiger partial charge in [0.1, 0.15) is 5.60 Å². The first kappa shape index (κ1) is 21.4. The third-order valence-electron chi connectivity index (χ3n) is 5.61. The minimum atomic E-state index is -0.245. The number of ether oxygens (including phenoxy) is 2. The number of hydrogen-bond acceptors (Lipinski definition) is 5. The van der Waals surface area contributed by atoms with Crippen LogP contribution < -0.4 is 9.47 Å². The molecule has 7 heteroatoms. The number of rotatable bonds is 7. The molecule has 29 heavy (non-hydrogen) atoms. The van der Waals surface area contributed by atoms with Gasteiger partial charge in [-0.05, 0) is 33.8 Å². The summed E-state index contributed by atoms with van der Waals surface area (Å²) in [5.74, 6) is 1.50. The zero-order valence-electron chi connectivity index (χ0n) is 18.1. The molecule has 0 bridgehead atoms. The summed E-state index contributed by atoms with van der Waals surface area (Å²) >= 11 is 0. The Bertz CT molecular complexity index is 738. The van der Waals surface area contributed by atoms with Gasteiger partial charge in [-0.3, -0.25) is 14.5 Å². The zero-order valence-corrected chi connectivity index (χ0v) is 18.1. The number of piperazine rings is 1. The third kappa shape index (κ3) is 5.21. The molecule has 2 aliphatic rings. The van der Waals surface area contributed by atoms with Crippen LogP contribution in [-0.2, 0) is 16.0 Å². The monoisotopic (exact) mass is 403 g/mol. The Balaban J connectivity index is 1.47. The number of fused-ring (bicyclic) bond motifs is 1. The van der Waals surface area contributed by atoms with Crippen molar-refractivity contribution in [2.24, 2.45) is 0 Å². The molecule has 1 aromatic rings. The van der Waals surface area contributed by atoms with Crippen molar-refractivity contribution in [3.8, 4) is 11.5 Å². The van der Waals surface area contributed by atoms with Gasteiger partial charge in [-0.15, -0.1) is 0 Å². The maximum atomic E-state index is 12.6. The maximum absolute atomic E-state index is 12.6. The maximum Gasteiger partial charge on any atom is 0.260 e. The lowest BCUT2D eigenvalue weighted by Gasteiger charge is -2.35. The summed E-state index contributed by atoms with van der Waals surface area (Å²) in [5, 5.41) is 0. The Kier molecular flexibility index (Phi) is 6.67. The topological polar surface area (TPSA) is 62.3 Å². The number of benzene rings is 1. The van der Waals surface area contributed by atoms with E-state index in [2.05, 4.69) is 4.90 Å². The Morgan fingerprint density at radius 3 is 2.48 bits per heavy atom. The molecular weight excluding hydrogens is 370 g/mol. The van der Waals surface area contributed by atoms with Crippen LogP contribution in [-0.4, -0.2) is 84.5 Å². The van der Waals surface area contributed by atoms with Gasteiger partial charge in [-0.1, -0.05) is 12.1 Å². The normalized spacial score (nSPS) is 18.1. The molecule has 0 spiro atoms. The SMILES string of the molecule is CCN(CC)C(=O)CN1CCN(C(=O)COc2cccc3c2OC(C)(C)C3)CC1. The summed E-state index contributed by atoms with van der Waals surface area (Å²) < 4.78 is 11.8. The average Bonchev–Trinajstić information content (AvgIpc) is 3.02. The number of para-hydroxylation sites is 1. The molecule has 2 aliphatic heterocycles. The molecule has 2 amide bonds. The smallest absolute Gasteiger partial charge is 0.260 e. The minimum Gasteiger partial charge on any atom is -0.483 e. The van der Waals surface area contributed by atoms with Crippen LogP contribution in [0, 0.1) is 0 Å². The Morgan fingerprint density at radius 1 is 1.14 bits per heavy atom. The van der Waals surface area contributed by atoms with Crippen molar-refractivity contribution < 1.29 is 19.1 Å². The van der Waals surface area contributed by atoms with Crippen molar-refractivity contribution in [2.45, 2.75) is 39.7 Å². The van der Waals surface area contributed by atoms with Crippen LogP contribution in [0.4, 0.5) is 0 Å². The van der Waals surface area contributed by atoms with E-state index < -0.39 is 0 Å². The Labute approximate surface area is 173 Å². The molecule has 1 saturated heterocycles. The van der Waals surface area contributed by atoms with Crippen molar-refractivity contribution in [1.82, 2.24) is 14.7 Å². The second kappa shape index (κ2) is 9.03. The molecule has 0 aromatic heterocycles. The van der Waals surface area contributed by atoms with Gasteiger partial charge in [0.25, 0.3) is 5.91 Å². The highest BCUT2D eigenvalue weighted by molar-refractivity contribution is 5.79. The molecule has 0 atom stereocenters. The fourth-order valence-electron chi connectivity index (χ4n) is 3.95. The van der Waals surface area contributed by atoms with E-state index in [0.717, 1.165) is 30.8 Å². The van der Waals surface area contributed by atoms with Gasteiger partial charge in [-0.2, -0.15) is 0 Å². The number of nitrogens with zero attached hydrogens (tertiary/aromatic N) is 3.